The summed E-state index contributed by atoms with van der Waals surface area (Å²) in [6.45, 7) is 0. The maximum atomic E-state index is 10.7. The Morgan fingerprint density at radius 1 is 1.33 bits per heavy atom. The molecular weight excluding hydrogens is 234 g/mol. The number of aldehydes is 1. The van der Waals surface area contributed by atoms with Gasteiger partial charge < -0.3 is 15.2 Å². The maximum Gasteiger partial charge on any atom is 0.229 e. The molecule has 0 aliphatic carbocycles. The smallest absolute Gasteiger partial charge is 0.229 e. The van der Waals surface area contributed by atoms with E-state index in [1.807, 2.05) is 0 Å². The Bertz CT molecular complexity index is 501. The van der Waals surface area contributed by atoms with E-state index in [9.17, 15) is 9.59 Å². The van der Waals surface area contributed by atoms with Gasteiger partial charge in [-0.2, -0.15) is 0 Å². The van der Waals surface area contributed by atoms with E-state index < -0.39 is 5.91 Å². The third-order valence-electron chi connectivity index (χ3n) is 2.14. The van der Waals surface area contributed by atoms with Crippen LogP contribution in [0.5, 0.6) is 11.5 Å². The number of rotatable bonds is 4. The maximum absolute atomic E-state index is 10.7. The lowest BCUT2D eigenvalue weighted by molar-refractivity contribution is -0.117. The lowest BCUT2D eigenvalue weighted by atomic mass is 10.1. The number of nitrogens with two attached hydrogens (primary N) is 1. The molecule has 0 aromatic heterocycles. The van der Waals surface area contributed by atoms with Crippen LogP contribution in [0.3, 0.4) is 0 Å². The van der Waals surface area contributed by atoms with Crippen molar-refractivity contribution in [2.75, 3.05) is 14.2 Å². The van der Waals surface area contributed by atoms with Crippen molar-refractivity contribution in [2.45, 2.75) is 6.42 Å². The summed E-state index contributed by atoms with van der Waals surface area (Å²) in [7, 11) is 2.92. The third kappa shape index (κ3) is 3.25. The van der Waals surface area contributed by atoms with Gasteiger partial charge in [0.05, 0.1) is 20.6 Å². The van der Waals surface area contributed by atoms with Crippen molar-refractivity contribution in [3.05, 3.63) is 23.3 Å². The van der Waals surface area contributed by atoms with Crippen LogP contribution < -0.4 is 15.2 Å². The molecule has 94 valence electrons. The van der Waals surface area contributed by atoms with Crippen LogP contribution >= 0.6 is 0 Å². The molecule has 18 heavy (non-hydrogen) atoms. The zero-order chi connectivity index (χ0) is 13.5. The number of ether oxygens (including phenoxy) is 2. The number of carbonyl (C=O) groups excluding carboxylic acids is 2. The number of hydrogen-bond acceptors (Lipinski definition) is 4. The van der Waals surface area contributed by atoms with Gasteiger partial charge >= 0.3 is 0 Å². The molecular formula is C13H13NO4. The first-order chi connectivity index (χ1) is 8.62. The summed E-state index contributed by atoms with van der Waals surface area (Å²) in [5.41, 5.74) is 5.89. The molecule has 0 saturated carbocycles. The van der Waals surface area contributed by atoms with Gasteiger partial charge in [-0.1, -0.05) is 11.8 Å². The van der Waals surface area contributed by atoms with Gasteiger partial charge in [-0.15, -0.1) is 0 Å². The highest BCUT2D eigenvalue weighted by molar-refractivity contribution is 5.79. The fourth-order valence-corrected chi connectivity index (χ4v) is 1.34. The molecule has 1 aromatic carbocycles. The molecule has 1 aromatic rings. The van der Waals surface area contributed by atoms with Gasteiger partial charge in [-0.25, -0.2) is 0 Å². The Labute approximate surface area is 105 Å². The Balaban J connectivity index is 3.25. The van der Waals surface area contributed by atoms with E-state index in [-0.39, 0.29) is 6.42 Å². The number of methoxy groups -OCH3 is 2. The molecule has 0 atom stereocenters. The first-order valence-corrected chi connectivity index (χ1v) is 5.10. The van der Waals surface area contributed by atoms with Crippen molar-refractivity contribution < 1.29 is 19.1 Å². The molecule has 1 amide bonds. The van der Waals surface area contributed by atoms with E-state index in [1.54, 1.807) is 12.1 Å². The minimum Gasteiger partial charge on any atom is -0.495 e. The molecule has 1 rings (SSSR count). The number of benzene rings is 1. The van der Waals surface area contributed by atoms with Gasteiger partial charge in [0, 0.05) is 5.56 Å². The van der Waals surface area contributed by atoms with E-state index in [2.05, 4.69) is 11.8 Å². The molecule has 0 unspecified atom stereocenters. The van der Waals surface area contributed by atoms with Crippen molar-refractivity contribution in [1.82, 2.24) is 0 Å². The Morgan fingerprint density at radius 2 is 1.89 bits per heavy atom. The van der Waals surface area contributed by atoms with Crippen LogP contribution in [0, 0.1) is 11.8 Å². The van der Waals surface area contributed by atoms with Gasteiger partial charge in [0.2, 0.25) is 5.91 Å². The van der Waals surface area contributed by atoms with Crippen molar-refractivity contribution >= 4 is 12.2 Å². The summed E-state index contributed by atoms with van der Waals surface area (Å²) < 4.78 is 10.3. The van der Waals surface area contributed by atoms with E-state index in [0.29, 0.717) is 28.9 Å². The fourth-order valence-electron chi connectivity index (χ4n) is 1.34. The van der Waals surface area contributed by atoms with Gasteiger partial charge in [0.1, 0.15) is 23.3 Å². The van der Waals surface area contributed by atoms with Crippen LogP contribution in [0.25, 0.3) is 0 Å². The lowest BCUT2D eigenvalue weighted by Crippen LogP contribution is -2.08. The predicted molar refractivity (Wildman–Crippen MR) is 65.6 cm³/mol. The highest BCUT2D eigenvalue weighted by Gasteiger charge is 2.10. The Kier molecular flexibility index (Phi) is 4.76. The highest BCUT2D eigenvalue weighted by atomic mass is 16.5. The van der Waals surface area contributed by atoms with Crippen LogP contribution in [0.4, 0.5) is 0 Å². The van der Waals surface area contributed by atoms with Crippen LogP contribution in [0.2, 0.25) is 0 Å². The molecule has 5 nitrogen and oxygen atoms in total. The first-order valence-electron chi connectivity index (χ1n) is 5.10. The minimum atomic E-state index is -0.509. The Hall–Kier alpha value is -2.48. The molecule has 0 radical (unpaired) electrons. The molecule has 5 heteroatoms. The van der Waals surface area contributed by atoms with Crippen LogP contribution in [0.15, 0.2) is 12.1 Å². The van der Waals surface area contributed by atoms with E-state index in [1.165, 1.54) is 14.2 Å². The number of primary amides is 1. The van der Waals surface area contributed by atoms with Crippen LogP contribution in [-0.4, -0.2) is 26.4 Å². The zero-order valence-corrected chi connectivity index (χ0v) is 10.1. The molecule has 0 aliphatic rings. The van der Waals surface area contributed by atoms with Crippen molar-refractivity contribution in [1.29, 1.82) is 0 Å². The fraction of sp³-hybridized carbons (Fsp3) is 0.231. The molecule has 0 fully saturated rings. The normalized spacial score (nSPS) is 9.00. The highest BCUT2D eigenvalue weighted by Crippen LogP contribution is 2.29. The van der Waals surface area contributed by atoms with Crippen molar-refractivity contribution in [2.24, 2.45) is 5.73 Å². The van der Waals surface area contributed by atoms with Gasteiger partial charge in [0.15, 0.2) is 0 Å². The molecule has 0 bridgehead atoms. The second kappa shape index (κ2) is 6.30. The lowest BCUT2D eigenvalue weighted by Gasteiger charge is -2.09. The monoisotopic (exact) mass is 247 g/mol. The summed E-state index contributed by atoms with van der Waals surface area (Å²) >= 11 is 0. The second-order valence-corrected chi connectivity index (χ2v) is 3.36. The van der Waals surface area contributed by atoms with E-state index in [0.717, 1.165) is 0 Å². The van der Waals surface area contributed by atoms with E-state index in [4.69, 9.17) is 15.2 Å². The van der Waals surface area contributed by atoms with Gasteiger partial charge in [-0.05, 0) is 12.1 Å². The number of hydrogen-bond donors (Lipinski definition) is 1. The summed E-state index contributed by atoms with van der Waals surface area (Å²) in [4.78, 5) is 21.4. The Morgan fingerprint density at radius 3 is 2.28 bits per heavy atom. The molecule has 2 N–H and O–H groups in total. The quantitative estimate of drug-likeness (QED) is 0.628. The molecule has 0 spiro atoms. The third-order valence-corrected chi connectivity index (χ3v) is 2.14. The standard InChI is InChI=1S/C13H13NO4/c1-17-11-6-9(8-15)7-12(18-2)10(11)4-3-5-13(14)16/h6-8H,5H2,1-2H3,(H2,14,16). The SMILES string of the molecule is COc1cc(C=O)cc(OC)c1C#CCC(N)=O. The summed E-state index contributed by atoms with van der Waals surface area (Å²) in [6.07, 6.45) is 0.632. The summed E-state index contributed by atoms with van der Waals surface area (Å²) in [5.74, 6) is 5.68. The van der Waals surface area contributed by atoms with Gasteiger partial charge in [0.25, 0.3) is 0 Å². The summed E-state index contributed by atoms with van der Waals surface area (Å²) in [5, 5.41) is 0. The average Bonchev–Trinajstić information content (AvgIpc) is 2.37. The summed E-state index contributed by atoms with van der Waals surface area (Å²) in [6, 6.07) is 3.09. The van der Waals surface area contributed by atoms with Crippen LogP contribution in [0.1, 0.15) is 22.3 Å². The molecule has 0 saturated heterocycles. The largest absolute Gasteiger partial charge is 0.495 e. The van der Waals surface area contributed by atoms with Gasteiger partial charge in [-0.3, -0.25) is 9.59 Å². The average molecular weight is 247 g/mol. The topological polar surface area (TPSA) is 78.6 Å². The molecule has 0 heterocycles. The van der Waals surface area contributed by atoms with Crippen molar-refractivity contribution in [3.8, 4) is 23.3 Å². The van der Waals surface area contributed by atoms with Crippen molar-refractivity contribution in [3.63, 3.8) is 0 Å². The molecule has 0 aliphatic heterocycles. The van der Waals surface area contributed by atoms with E-state index >= 15 is 0 Å². The first kappa shape index (κ1) is 13.6. The predicted octanol–water partition coefficient (Wildman–Crippen LogP) is 0.743. The second-order valence-electron chi connectivity index (χ2n) is 3.36. The minimum absolute atomic E-state index is 0.0538. The zero-order valence-electron chi connectivity index (χ0n) is 10.1. The van der Waals surface area contributed by atoms with Crippen LogP contribution in [-0.2, 0) is 4.79 Å². The number of carbonyl (C=O) groups is 2. The number of amides is 1.